The minimum absolute atomic E-state index is 0.0362. The molecule has 8 nitrogen and oxygen atoms in total. The number of pyridine rings is 1. The summed E-state index contributed by atoms with van der Waals surface area (Å²) in [6, 6.07) is 4.17. The quantitative estimate of drug-likeness (QED) is 0.506. The summed E-state index contributed by atoms with van der Waals surface area (Å²) in [6.45, 7) is 3.84. The second-order valence-corrected chi connectivity index (χ2v) is 8.46. The van der Waals surface area contributed by atoms with Gasteiger partial charge in [0.05, 0.1) is 31.4 Å². The Labute approximate surface area is 199 Å². The van der Waals surface area contributed by atoms with Crippen LogP contribution >= 0.6 is 0 Å². The molecule has 0 spiro atoms. The number of benzene rings is 1. The molecule has 1 aliphatic heterocycles. The minimum atomic E-state index is -4.38. The second kappa shape index (κ2) is 10.2. The number of rotatable bonds is 7. The number of nitrogens with one attached hydrogen (secondary N) is 2. The summed E-state index contributed by atoms with van der Waals surface area (Å²) in [6.07, 6.45) is -4.58. The van der Waals surface area contributed by atoms with E-state index >= 15 is 0 Å². The van der Waals surface area contributed by atoms with Crippen molar-refractivity contribution in [3.05, 3.63) is 35.6 Å². The van der Waals surface area contributed by atoms with Gasteiger partial charge in [-0.15, -0.1) is 0 Å². The molecular formula is C23H26F4N4O4. The molecule has 1 aromatic carbocycles. The highest BCUT2D eigenvalue weighted by atomic mass is 19.4. The molecule has 2 fully saturated rings. The number of halogens is 4. The van der Waals surface area contributed by atoms with Crippen LogP contribution in [0, 0.1) is 18.7 Å². The fourth-order valence-corrected chi connectivity index (χ4v) is 3.95. The number of carbonyl (C=O) groups excluding carboxylic acids is 1. The first-order valence-electron chi connectivity index (χ1n) is 11.2. The molecule has 2 amide bonds. The zero-order chi connectivity index (χ0) is 25.2. The van der Waals surface area contributed by atoms with E-state index in [0.717, 1.165) is 0 Å². The minimum Gasteiger partial charge on any atom is -0.475 e. The number of alkyl halides is 3. The molecule has 2 aromatic rings. The van der Waals surface area contributed by atoms with Crippen LogP contribution in [-0.2, 0) is 4.74 Å². The number of aliphatic hydroxyl groups is 1. The highest BCUT2D eigenvalue weighted by molar-refractivity contribution is 5.91. The van der Waals surface area contributed by atoms with Crippen LogP contribution in [0.4, 0.5) is 33.9 Å². The van der Waals surface area contributed by atoms with Crippen molar-refractivity contribution in [2.75, 3.05) is 49.7 Å². The number of hydrogen-bond acceptors (Lipinski definition) is 6. The van der Waals surface area contributed by atoms with Gasteiger partial charge < -0.3 is 30.1 Å². The molecule has 190 valence electrons. The summed E-state index contributed by atoms with van der Waals surface area (Å²) in [7, 11) is 0. The third-order valence-corrected chi connectivity index (χ3v) is 5.87. The van der Waals surface area contributed by atoms with Crippen molar-refractivity contribution >= 4 is 17.5 Å². The van der Waals surface area contributed by atoms with E-state index in [9.17, 15) is 22.4 Å². The first kappa shape index (κ1) is 25.0. The fraction of sp³-hybridized carbons (Fsp3) is 0.478. The van der Waals surface area contributed by atoms with E-state index < -0.39 is 30.0 Å². The van der Waals surface area contributed by atoms with Gasteiger partial charge >= 0.3 is 12.2 Å². The maximum absolute atomic E-state index is 14.6. The number of hydrogen-bond donors (Lipinski definition) is 3. The Morgan fingerprint density at radius 3 is 2.66 bits per heavy atom. The van der Waals surface area contributed by atoms with E-state index in [1.54, 1.807) is 19.1 Å². The number of nitrogens with zero attached hydrogens (tertiary/aromatic N) is 2. The smallest absolute Gasteiger partial charge is 0.393 e. The highest BCUT2D eigenvalue weighted by Gasteiger charge is 2.56. The van der Waals surface area contributed by atoms with Crippen LogP contribution in [0.1, 0.15) is 12.0 Å². The van der Waals surface area contributed by atoms with Crippen molar-refractivity contribution in [1.29, 1.82) is 0 Å². The van der Waals surface area contributed by atoms with Crippen LogP contribution in [0.15, 0.2) is 24.3 Å². The number of carbonyl (C=O) groups is 1. The number of amides is 2. The number of anilines is 2. The molecule has 2 unspecified atom stereocenters. The van der Waals surface area contributed by atoms with Gasteiger partial charge in [0, 0.05) is 25.2 Å². The number of ether oxygens (including phenoxy) is 2. The predicted octanol–water partition coefficient (Wildman–Crippen LogP) is 3.48. The lowest BCUT2D eigenvalue weighted by Gasteiger charge is -2.28. The van der Waals surface area contributed by atoms with Gasteiger partial charge in [-0.1, -0.05) is 0 Å². The van der Waals surface area contributed by atoms with Gasteiger partial charge in [-0.2, -0.15) is 18.2 Å². The number of urea groups is 1. The lowest BCUT2D eigenvalue weighted by Crippen LogP contribution is -2.36. The summed E-state index contributed by atoms with van der Waals surface area (Å²) in [4.78, 5) is 18.7. The molecule has 1 aliphatic carbocycles. The third kappa shape index (κ3) is 6.12. The van der Waals surface area contributed by atoms with Gasteiger partial charge in [0.15, 0.2) is 0 Å². The van der Waals surface area contributed by atoms with Gasteiger partial charge in [0.25, 0.3) is 0 Å². The summed E-state index contributed by atoms with van der Waals surface area (Å²) in [5, 5.41) is 13.7. The van der Waals surface area contributed by atoms with Gasteiger partial charge in [0.2, 0.25) is 5.88 Å². The molecule has 1 saturated heterocycles. The number of aromatic nitrogens is 1. The van der Waals surface area contributed by atoms with Crippen LogP contribution in [0.3, 0.4) is 0 Å². The Morgan fingerprint density at radius 2 is 2.00 bits per heavy atom. The van der Waals surface area contributed by atoms with Gasteiger partial charge in [0.1, 0.15) is 18.2 Å². The number of morpholine rings is 1. The van der Waals surface area contributed by atoms with Crippen molar-refractivity contribution in [2.45, 2.75) is 25.6 Å². The molecule has 4 rings (SSSR count). The van der Waals surface area contributed by atoms with E-state index in [0.29, 0.717) is 48.8 Å². The molecule has 3 N–H and O–H groups in total. The van der Waals surface area contributed by atoms with Crippen molar-refractivity contribution in [3.8, 4) is 17.0 Å². The first-order chi connectivity index (χ1) is 16.7. The van der Waals surface area contributed by atoms with Crippen LogP contribution < -0.4 is 20.3 Å². The Kier molecular flexibility index (Phi) is 7.31. The highest BCUT2D eigenvalue weighted by Crippen LogP contribution is 2.44. The maximum atomic E-state index is 14.6. The molecule has 0 radical (unpaired) electrons. The summed E-state index contributed by atoms with van der Waals surface area (Å²) < 4.78 is 63.7. The van der Waals surface area contributed by atoms with E-state index in [1.165, 1.54) is 12.1 Å². The van der Waals surface area contributed by atoms with E-state index in [-0.39, 0.29) is 31.2 Å². The van der Waals surface area contributed by atoms with Gasteiger partial charge in [-0.05, 0) is 48.2 Å². The van der Waals surface area contributed by atoms with Crippen LogP contribution in [0.25, 0.3) is 11.1 Å². The second-order valence-electron chi connectivity index (χ2n) is 8.46. The summed E-state index contributed by atoms with van der Waals surface area (Å²) in [5.41, 5.74) is 1.61. The standard InChI is InChI=1S/C23H26F4N4O4/c1-13-8-17(24)19(29-22(33)28-18-12-16(18)23(25,26)27)11-15(13)14-9-20(31-2-5-34-6-3-31)30-21(10-14)35-7-4-32/h8-11,16,18,32H,2-7,12H2,1H3,(H2,28,29,33). The normalized spacial score (nSPS) is 19.9. The Balaban J connectivity index is 1.59. The van der Waals surface area contributed by atoms with Crippen molar-refractivity contribution in [1.82, 2.24) is 10.3 Å². The monoisotopic (exact) mass is 498 g/mol. The molecule has 0 bridgehead atoms. The molecule has 2 atom stereocenters. The zero-order valence-corrected chi connectivity index (χ0v) is 19.0. The molecule has 35 heavy (non-hydrogen) atoms. The molecule has 1 saturated carbocycles. The molecule has 12 heteroatoms. The largest absolute Gasteiger partial charge is 0.475 e. The Hall–Kier alpha value is -3.12. The SMILES string of the molecule is Cc1cc(F)c(NC(=O)NC2CC2C(F)(F)F)cc1-c1cc(OCCO)nc(N2CCOCC2)c1. The maximum Gasteiger partial charge on any atom is 0.393 e. The van der Waals surface area contributed by atoms with Crippen molar-refractivity contribution in [3.63, 3.8) is 0 Å². The van der Waals surface area contributed by atoms with Gasteiger partial charge in [-0.3, -0.25) is 0 Å². The third-order valence-electron chi connectivity index (χ3n) is 5.87. The van der Waals surface area contributed by atoms with E-state index in [1.807, 2.05) is 4.90 Å². The van der Waals surface area contributed by atoms with Crippen molar-refractivity contribution < 1.29 is 36.9 Å². The average Bonchev–Trinajstić information content (AvgIpc) is 3.59. The zero-order valence-electron chi connectivity index (χ0n) is 19.0. The number of aryl methyl sites for hydroxylation is 1. The predicted molar refractivity (Wildman–Crippen MR) is 120 cm³/mol. The lowest BCUT2D eigenvalue weighted by molar-refractivity contribution is -0.148. The summed E-state index contributed by atoms with van der Waals surface area (Å²) in [5.74, 6) is -1.43. The van der Waals surface area contributed by atoms with Crippen molar-refractivity contribution in [2.24, 2.45) is 5.92 Å². The molecule has 2 aliphatic rings. The molecule has 2 heterocycles. The van der Waals surface area contributed by atoms with Gasteiger partial charge in [-0.25, -0.2) is 9.18 Å². The fourth-order valence-electron chi connectivity index (χ4n) is 3.95. The average molecular weight is 498 g/mol. The molecular weight excluding hydrogens is 472 g/mol. The van der Waals surface area contributed by atoms with E-state index in [2.05, 4.69) is 15.6 Å². The number of aliphatic hydroxyl groups excluding tert-OH is 1. The van der Waals surface area contributed by atoms with Crippen LogP contribution in [0.5, 0.6) is 5.88 Å². The summed E-state index contributed by atoms with van der Waals surface area (Å²) >= 11 is 0. The van der Waals surface area contributed by atoms with Crippen LogP contribution in [-0.4, -0.2) is 67.9 Å². The molecule has 1 aromatic heterocycles. The first-order valence-corrected chi connectivity index (χ1v) is 11.2. The Bertz CT molecular complexity index is 1080. The topological polar surface area (TPSA) is 96.0 Å². The Morgan fingerprint density at radius 1 is 1.26 bits per heavy atom. The van der Waals surface area contributed by atoms with E-state index in [4.69, 9.17) is 14.6 Å². The van der Waals surface area contributed by atoms with Crippen LogP contribution in [0.2, 0.25) is 0 Å². The lowest BCUT2D eigenvalue weighted by atomic mass is 10.00.